The van der Waals surface area contributed by atoms with Crippen LogP contribution in [0.25, 0.3) is 0 Å². The van der Waals surface area contributed by atoms with Gasteiger partial charge in [0.05, 0.1) is 4.92 Å². The van der Waals surface area contributed by atoms with Crippen molar-refractivity contribution in [3.05, 3.63) is 31.0 Å². The van der Waals surface area contributed by atoms with Crippen molar-refractivity contribution in [2.75, 3.05) is 5.43 Å². The molecule has 0 aliphatic heterocycles. The van der Waals surface area contributed by atoms with Gasteiger partial charge < -0.3 is 5.11 Å². The number of anilines is 1. The molecule has 1 heterocycles. The smallest absolute Gasteiger partial charge is 0.375 e. The molecular weight excluding hydrogens is 222 g/mol. The van der Waals surface area contributed by atoms with E-state index >= 15 is 0 Å². The van der Waals surface area contributed by atoms with Crippen LogP contribution in [0.1, 0.15) is 0 Å². The Balaban J connectivity index is 3.53. The molecule has 1 rings (SSSR count). The zero-order chi connectivity index (χ0) is 12.3. The monoisotopic (exact) mass is 228 g/mol. The Morgan fingerprint density at radius 1 is 1.56 bits per heavy atom. The SMILES string of the molecule is Cn1c(=O)[nH]c(N/N=C/[O-])c([N+](=O)[O-])c1=O. The number of hydrazone groups is 1. The van der Waals surface area contributed by atoms with Crippen molar-refractivity contribution in [2.24, 2.45) is 12.1 Å². The molecule has 0 bridgehead atoms. The normalized spacial score (nSPS) is 10.6. The molecule has 0 fully saturated rings. The Morgan fingerprint density at radius 2 is 2.19 bits per heavy atom. The number of rotatable bonds is 3. The van der Waals surface area contributed by atoms with Crippen molar-refractivity contribution in [3.63, 3.8) is 0 Å². The molecule has 0 spiro atoms. The summed E-state index contributed by atoms with van der Waals surface area (Å²) in [5.74, 6) is -0.537. The van der Waals surface area contributed by atoms with Gasteiger partial charge in [-0.1, -0.05) is 0 Å². The van der Waals surface area contributed by atoms with Gasteiger partial charge in [0, 0.05) is 7.05 Å². The number of hydrogen-bond acceptors (Lipinski definition) is 7. The molecule has 0 aliphatic carbocycles. The van der Waals surface area contributed by atoms with Gasteiger partial charge >= 0.3 is 16.9 Å². The van der Waals surface area contributed by atoms with Gasteiger partial charge in [0.15, 0.2) is 0 Å². The molecule has 0 radical (unpaired) electrons. The summed E-state index contributed by atoms with van der Waals surface area (Å²) in [5, 5.41) is 23.4. The molecule has 10 nitrogen and oxygen atoms in total. The molecule has 1 aromatic rings. The molecule has 0 unspecified atom stereocenters. The van der Waals surface area contributed by atoms with Crippen LogP contribution in [0.2, 0.25) is 0 Å². The second-order valence-corrected chi connectivity index (χ2v) is 2.62. The first-order valence-corrected chi connectivity index (χ1v) is 3.86. The van der Waals surface area contributed by atoms with Crippen molar-refractivity contribution in [1.29, 1.82) is 0 Å². The molecule has 0 aromatic carbocycles. The molecule has 0 amide bonds. The van der Waals surface area contributed by atoms with Crippen molar-refractivity contribution in [3.8, 4) is 0 Å². The van der Waals surface area contributed by atoms with Crippen LogP contribution in [0.3, 0.4) is 0 Å². The first-order valence-electron chi connectivity index (χ1n) is 3.86. The van der Waals surface area contributed by atoms with Gasteiger partial charge in [-0.3, -0.25) is 29.9 Å². The fourth-order valence-electron chi connectivity index (χ4n) is 0.949. The van der Waals surface area contributed by atoms with Gasteiger partial charge in [0.25, 0.3) is 0 Å². The highest BCUT2D eigenvalue weighted by atomic mass is 16.6. The number of nitro groups is 1. The fourth-order valence-corrected chi connectivity index (χ4v) is 0.949. The van der Waals surface area contributed by atoms with E-state index in [1.54, 1.807) is 0 Å². The number of aromatic amines is 1. The van der Waals surface area contributed by atoms with E-state index in [1.165, 1.54) is 0 Å². The average Bonchev–Trinajstić information content (AvgIpc) is 2.22. The van der Waals surface area contributed by atoms with Crippen molar-refractivity contribution in [1.82, 2.24) is 9.55 Å². The van der Waals surface area contributed by atoms with Crippen molar-refractivity contribution in [2.45, 2.75) is 0 Å². The number of nitrogens with one attached hydrogen (secondary N) is 2. The summed E-state index contributed by atoms with van der Waals surface area (Å²) in [6.07, 6.45) is 0.0690. The molecule has 10 heteroatoms. The Morgan fingerprint density at radius 3 is 2.69 bits per heavy atom. The van der Waals surface area contributed by atoms with E-state index < -0.39 is 27.7 Å². The summed E-state index contributed by atoms with van der Waals surface area (Å²) in [7, 11) is 1.08. The van der Waals surface area contributed by atoms with Gasteiger partial charge in [-0.25, -0.2) is 4.79 Å². The van der Waals surface area contributed by atoms with Crippen molar-refractivity contribution < 1.29 is 10.0 Å². The summed E-state index contributed by atoms with van der Waals surface area (Å²) in [6, 6.07) is 0. The van der Waals surface area contributed by atoms with Gasteiger partial charge in [0.2, 0.25) is 5.82 Å². The van der Waals surface area contributed by atoms with E-state index in [4.69, 9.17) is 0 Å². The number of nitrogens with zero attached hydrogens (tertiary/aromatic N) is 3. The quantitative estimate of drug-likeness (QED) is 0.257. The molecule has 0 aliphatic rings. The molecule has 0 saturated heterocycles. The summed E-state index contributed by atoms with van der Waals surface area (Å²) in [4.78, 5) is 34.0. The molecule has 0 saturated carbocycles. The lowest BCUT2D eigenvalue weighted by molar-refractivity contribution is -0.385. The zero-order valence-corrected chi connectivity index (χ0v) is 7.96. The third kappa shape index (κ3) is 1.89. The zero-order valence-electron chi connectivity index (χ0n) is 7.96. The average molecular weight is 228 g/mol. The predicted octanol–water partition coefficient (Wildman–Crippen LogP) is -2.30. The first kappa shape index (κ1) is 11.4. The summed E-state index contributed by atoms with van der Waals surface area (Å²) in [6.45, 7) is 0. The number of hydrogen-bond donors (Lipinski definition) is 2. The molecule has 86 valence electrons. The lowest BCUT2D eigenvalue weighted by Gasteiger charge is -2.03. The molecule has 2 N–H and O–H groups in total. The van der Waals surface area contributed by atoms with Crippen LogP contribution >= 0.6 is 0 Å². The predicted molar refractivity (Wildman–Crippen MR) is 51.1 cm³/mol. The molecular formula is C6H6N5O5-. The second-order valence-electron chi connectivity index (χ2n) is 2.62. The largest absolute Gasteiger partial charge is 0.863 e. The standard InChI is InChI=1S/C6H7N5O5/c1-10-5(13)3(11(15)16)4(8-6(10)14)9-7-2-12/h2,9H,1H3,(H,7,12)(H,8,14)/p-1. The third-order valence-electron chi connectivity index (χ3n) is 1.69. The summed E-state index contributed by atoms with van der Waals surface area (Å²) >= 11 is 0. The Bertz CT molecular complexity index is 555. The second kappa shape index (κ2) is 4.25. The maximum atomic E-state index is 11.3. The van der Waals surface area contributed by atoms with Crippen LogP contribution in [0, 0.1) is 10.1 Å². The number of aromatic nitrogens is 2. The Hall–Kier alpha value is -2.65. The highest BCUT2D eigenvalue weighted by Crippen LogP contribution is 2.13. The Kier molecular flexibility index (Phi) is 3.03. The van der Waals surface area contributed by atoms with E-state index in [1.807, 2.05) is 10.4 Å². The minimum absolute atomic E-state index is 0.0690. The first-order chi connectivity index (χ1) is 7.49. The van der Waals surface area contributed by atoms with Crippen LogP contribution in [-0.2, 0) is 7.05 Å². The van der Waals surface area contributed by atoms with E-state index in [9.17, 15) is 24.8 Å². The van der Waals surface area contributed by atoms with E-state index in [-0.39, 0.29) is 6.40 Å². The highest BCUT2D eigenvalue weighted by molar-refractivity contribution is 5.55. The third-order valence-corrected chi connectivity index (χ3v) is 1.69. The van der Waals surface area contributed by atoms with Gasteiger partial charge in [0.1, 0.15) is 0 Å². The van der Waals surface area contributed by atoms with Gasteiger partial charge in [-0.15, -0.1) is 0 Å². The van der Waals surface area contributed by atoms with E-state index in [0.717, 1.165) is 7.05 Å². The van der Waals surface area contributed by atoms with Crippen LogP contribution in [0.15, 0.2) is 14.7 Å². The Labute approximate surface area is 87.0 Å². The lowest BCUT2D eigenvalue weighted by atomic mass is 10.5. The summed E-state index contributed by atoms with van der Waals surface area (Å²) in [5.41, 5.74) is -0.958. The van der Waals surface area contributed by atoms with Gasteiger partial charge in [-0.2, -0.15) is 5.10 Å². The van der Waals surface area contributed by atoms with Crippen LogP contribution in [0.5, 0.6) is 0 Å². The van der Waals surface area contributed by atoms with Crippen molar-refractivity contribution >= 4 is 17.9 Å². The van der Waals surface area contributed by atoms with Crippen LogP contribution in [0.4, 0.5) is 11.5 Å². The molecule has 1 aromatic heterocycles. The minimum Gasteiger partial charge on any atom is -0.863 e. The maximum absolute atomic E-state index is 11.3. The lowest BCUT2D eigenvalue weighted by Crippen LogP contribution is -2.34. The summed E-state index contributed by atoms with van der Waals surface area (Å²) < 4.78 is 0.532. The fraction of sp³-hybridized carbons (Fsp3) is 0.167. The topological polar surface area (TPSA) is 145 Å². The van der Waals surface area contributed by atoms with E-state index in [2.05, 4.69) is 5.10 Å². The van der Waals surface area contributed by atoms with Crippen LogP contribution < -0.4 is 21.8 Å². The number of H-pyrrole nitrogens is 1. The highest BCUT2D eigenvalue weighted by Gasteiger charge is 2.22. The maximum Gasteiger partial charge on any atom is 0.375 e. The van der Waals surface area contributed by atoms with E-state index in [0.29, 0.717) is 4.57 Å². The minimum atomic E-state index is -1.10. The molecule has 16 heavy (non-hydrogen) atoms. The van der Waals surface area contributed by atoms with Gasteiger partial charge in [-0.05, 0) is 6.40 Å². The van der Waals surface area contributed by atoms with Crippen LogP contribution in [-0.4, -0.2) is 20.9 Å². The molecule has 0 atom stereocenters.